The molecule has 0 aliphatic carbocycles. The maximum atomic E-state index is 10.9. The van der Waals surface area contributed by atoms with Crippen LogP contribution >= 0.6 is 0 Å². The van der Waals surface area contributed by atoms with Crippen molar-refractivity contribution in [3.8, 4) is 0 Å². The number of hydrogen-bond donors (Lipinski definition) is 0. The summed E-state index contributed by atoms with van der Waals surface area (Å²) in [7, 11) is 0. The van der Waals surface area contributed by atoms with Crippen LogP contribution in [0.15, 0.2) is 0 Å². The Morgan fingerprint density at radius 2 is 1.21 bits per heavy atom. The van der Waals surface area contributed by atoms with Crippen molar-refractivity contribution in [3.63, 3.8) is 0 Å². The molecule has 110 valence electrons. The standard InChI is InChI=1S/C13H22O6/c1-10(14)17-8-4-6-13(19-12(3)16)7-5-9-18-11(2)15/h13H,4-9H2,1-3H3. The number of rotatable bonds is 9. The Balaban J connectivity index is 3.84. The second kappa shape index (κ2) is 10.3. The molecule has 0 aromatic heterocycles. The molecular weight excluding hydrogens is 252 g/mol. The van der Waals surface area contributed by atoms with Crippen LogP contribution in [0.5, 0.6) is 0 Å². The molecule has 0 aromatic carbocycles. The van der Waals surface area contributed by atoms with Crippen molar-refractivity contribution in [1.82, 2.24) is 0 Å². The summed E-state index contributed by atoms with van der Waals surface area (Å²) in [6, 6.07) is 0. The lowest BCUT2D eigenvalue weighted by Gasteiger charge is -2.16. The van der Waals surface area contributed by atoms with Gasteiger partial charge < -0.3 is 14.2 Å². The second-order valence-electron chi connectivity index (χ2n) is 4.20. The van der Waals surface area contributed by atoms with E-state index in [1.165, 1.54) is 20.8 Å². The van der Waals surface area contributed by atoms with Crippen molar-refractivity contribution in [2.45, 2.75) is 52.6 Å². The Bertz CT molecular complexity index is 278. The molecule has 0 bridgehead atoms. The highest BCUT2D eigenvalue weighted by molar-refractivity contribution is 5.66. The monoisotopic (exact) mass is 274 g/mol. The topological polar surface area (TPSA) is 78.9 Å². The molecule has 0 aliphatic heterocycles. The van der Waals surface area contributed by atoms with Gasteiger partial charge in [0.25, 0.3) is 0 Å². The van der Waals surface area contributed by atoms with E-state index in [0.29, 0.717) is 38.9 Å². The van der Waals surface area contributed by atoms with Crippen LogP contribution < -0.4 is 0 Å². The van der Waals surface area contributed by atoms with Crippen molar-refractivity contribution in [3.05, 3.63) is 0 Å². The Morgan fingerprint density at radius 3 is 1.53 bits per heavy atom. The maximum Gasteiger partial charge on any atom is 0.302 e. The van der Waals surface area contributed by atoms with Crippen LogP contribution in [0.1, 0.15) is 46.5 Å². The Labute approximate surface area is 113 Å². The van der Waals surface area contributed by atoms with Crippen molar-refractivity contribution in [2.24, 2.45) is 0 Å². The summed E-state index contributed by atoms with van der Waals surface area (Å²) >= 11 is 0. The normalized spacial score (nSPS) is 10.1. The summed E-state index contributed by atoms with van der Waals surface area (Å²) in [5.41, 5.74) is 0. The number of carbonyl (C=O) groups excluding carboxylic acids is 3. The molecule has 0 unspecified atom stereocenters. The van der Waals surface area contributed by atoms with E-state index in [1.807, 2.05) is 0 Å². The quantitative estimate of drug-likeness (QED) is 0.361. The minimum atomic E-state index is -0.343. The maximum absolute atomic E-state index is 10.9. The van der Waals surface area contributed by atoms with Crippen LogP contribution in [-0.4, -0.2) is 37.2 Å². The molecule has 19 heavy (non-hydrogen) atoms. The average molecular weight is 274 g/mol. The van der Waals surface area contributed by atoms with Crippen LogP contribution in [0.3, 0.4) is 0 Å². The van der Waals surface area contributed by atoms with Crippen molar-refractivity contribution < 1.29 is 28.6 Å². The van der Waals surface area contributed by atoms with E-state index in [4.69, 9.17) is 14.2 Å². The van der Waals surface area contributed by atoms with Gasteiger partial charge in [0, 0.05) is 20.8 Å². The smallest absolute Gasteiger partial charge is 0.302 e. The van der Waals surface area contributed by atoms with Gasteiger partial charge in [-0.3, -0.25) is 14.4 Å². The fraction of sp³-hybridized carbons (Fsp3) is 0.769. The van der Waals surface area contributed by atoms with Crippen LogP contribution in [-0.2, 0) is 28.6 Å². The van der Waals surface area contributed by atoms with Gasteiger partial charge in [0.1, 0.15) is 6.10 Å². The lowest BCUT2D eigenvalue weighted by molar-refractivity contribution is -0.149. The molecule has 0 spiro atoms. The first kappa shape index (κ1) is 17.4. The Kier molecular flexibility index (Phi) is 9.48. The van der Waals surface area contributed by atoms with E-state index in [9.17, 15) is 14.4 Å². The van der Waals surface area contributed by atoms with Crippen molar-refractivity contribution in [1.29, 1.82) is 0 Å². The first-order valence-corrected chi connectivity index (χ1v) is 6.35. The molecule has 0 N–H and O–H groups in total. The summed E-state index contributed by atoms with van der Waals surface area (Å²) in [5, 5.41) is 0. The third-order valence-corrected chi connectivity index (χ3v) is 2.28. The highest BCUT2D eigenvalue weighted by atomic mass is 16.5. The lowest BCUT2D eigenvalue weighted by Crippen LogP contribution is -2.18. The molecule has 6 nitrogen and oxygen atoms in total. The lowest BCUT2D eigenvalue weighted by atomic mass is 10.1. The zero-order chi connectivity index (χ0) is 14.7. The molecule has 0 rings (SSSR count). The van der Waals surface area contributed by atoms with Gasteiger partial charge >= 0.3 is 17.9 Å². The van der Waals surface area contributed by atoms with Gasteiger partial charge in [-0.1, -0.05) is 0 Å². The Hall–Kier alpha value is -1.59. The summed E-state index contributed by atoms with van der Waals surface area (Å²) in [6.07, 6.45) is 2.26. The molecule has 0 atom stereocenters. The molecule has 0 radical (unpaired) electrons. The predicted molar refractivity (Wildman–Crippen MR) is 67.3 cm³/mol. The van der Waals surface area contributed by atoms with Crippen LogP contribution in [0.25, 0.3) is 0 Å². The fourth-order valence-corrected chi connectivity index (χ4v) is 1.55. The molecule has 0 fully saturated rings. The van der Waals surface area contributed by atoms with E-state index in [0.717, 1.165) is 0 Å². The van der Waals surface area contributed by atoms with Gasteiger partial charge in [0.2, 0.25) is 0 Å². The third-order valence-electron chi connectivity index (χ3n) is 2.28. The van der Waals surface area contributed by atoms with Crippen molar-refractivity contribution >= 4 is 17.9 Å². The van der Waals surface area contributed by atoms with E-state index >= 15 is 0 Å². The Morgan fingerprint density at radius 1 is 0.789 bits per heavy atom. The number of ether oxygens (including phenoxy) is 3. The minimum Gasteiger partial charge on any atom is -0.466 e. The fourth-order valence-electron chi connectivity index (χ4n) is 1.55. The second-order valence-corrected chi connectivity index (χ2v) is 4.20. The van der Waals surface area contributed by atoms with Gasteiger partial charge in [-0.05, 0) is 25.7 Å². The van der Waals surface area contributed by atoms with E-state index in [-0.39, 0.29) is 24.0 Å². The summed E-state index contributed by atoms with van der Waals surface area (Å²) < 4.78 is 14.8. The average Bonchev–Trinajstić information content (AvgIpc) is 2.28. The van der Waals surface area contributed by atoms with Crippen LogP contribution in [0, 0.1) is 0 Å². The summed E-state index contributed by atoms with van der Waals surface area (Å²) in [6.45, 7) is 4.69. The van der Waals surface area contributed by atoms with Gasteiger partial charge in [0.15, 0.2) is 0 Å². The number of carbonyl (C=O) groups is 3. The van der Waals surface area contributed by atoms with Crippen LogP contribution in [0.2, 0.25) is 0 Å². The van der Waals surface area contributed by atoms with Gasteiger partial charge in [-0.2, -0.15) is 0 Å². The molecule has 0 saturated carbocycles. The van der Waals surface area contributed by atoms with Crippen molar-refractivity contribution in [2.75, 3.05) is 13.2 Å². The van der Waals surface area contributed by atoms with E-state index in [1.54, 1.807) is 0 Å². The first-order valence-electron chi connectivity index (χ1n) is 6.35. The third kappa shape index (κ3) is 12.7. The van der Waals surface area contributed by atoms with Gasteiger partial charge in [-0.25, -0.2) is 0 Å². The van der Waals surface area contributed by atoms with E-state index < -0.39 is 0 Å². The number of hydrogen-bond acceptors (Lipinski definition) is 6. The zero-order valence-corrected chi connectivity index (χ0v) is 11.8. The highest BCUT2D eigenvalue weighted by Crippen LogP contribution is 2.10. The minimum absolute atomic E-state index is 0.233. The first-order chi connectivity index (χ1) is 8.91. The van der Waals surface area contributed by atoms with Crippen LogP contribution in [0.4, 0.5) is 0 Å². The number of esters is 3. The molecule has 0 amide bonds. The highest BCUT2D eigenvalue weighted by Gasteiger charge is 2.12. The summed E-state index contributed by atoms with van der Waals surface area (Å²) in [4.78, 5) is 32.1. The molecule has 0 aromatic rings. The van der Waals surface area contributed by atoms with Gasteiger partial charge in [-0.15, -0.1) is 0 Å². The largest absolute Gasteiger partial charge is 0.466 e. The zero-order valence-electron chi connectivity index (χ0n) is 11.8. The van der Waals surface area contributed by atoms with E-state index in [2.05, 4.69) is 0 Å². The van der Waals surface area contributed by atoms with Gasteiger partial charge in [0.05, 0.1) is 13.2 Å². The predicted octanol–water partition coefficient (Wildman–Crippen LogP) is 1.60. The molecule has 0 heterocycles. The molecule has 0 saturated heterocycles. The molecule has 6 heteroatoms. The SMILES string of the molecule is CC(=O)OCCCC(CCCOC(C)=O)OC(C)=O. The molecule has 0 aliphatic rings. The summed E-state index contributed by atoms with van der Waals surface area (Å²) in [5.74, 6) is -0.984. The molecular formula is C13H22O6.